The van der Waals surface area contributed by atoms with E-state index in [1.807, 2.05) is 13.8 Å². The Balaban J connectivity index is 2.40. The van der Waals surface area contributed by atoms with Crippen LogP contribution in [0.2, 0.25) is 0 Å². The second kappa shape index (κ2) is 6.27. The van der Waals surface area contributed by atoms with Crippen LogP contribution in [-0.2, 0) is 16.0 Å². The predicted molar refractivity (Wildman–Crippen MR) is 62.3 cm³/mol. The first-order valence-corrected chi connectivity index (χ1v) is 5.52. The molecule has 16 heavy (non-hydrogen) atoms. The number of H-pyrrole nitrogens is 1. The lowest BCUT2D eigenvalue weighted by molar-refractivity contribution is -0.116. The standard InChI is InChI=1S/C11H19N3O2/c1-4-9-7-12-14-11(9)13-10(15)6-5-8(2)16-3/h7-8H,4-6H2,1-3H3,(H2,12,13,14,15). The van der Waals surface area contributed by atoms with Crippen LogP contribution in [0.25, 0.3) is 0 Å². The first-order chi connectivity index (χ1) is 7.67. The van der Waals surface area contributed by atoms with E-state index in [1.54, 1.807) is 13.3 Å². The van der Waals surface area contributed by atoms with Gasteiger partial charge in [0.1, 0.15) is 5.82 Å². The average Bonchev–Trinajstić information content (AvgIpc) is 2.73. The van der Waals surface area contributed by atoms with Crippen molar-refractivity contribution >= 4 is 11.7 Å². The normalized spacial score (nSPS) is 12.4. The monoisotopic (exact) mass is 225 g/mol. The molecule has 0 aliphatic rings. The van der Waals surface area contributed by atoms with Crippen LogP contribution in [0, 0.1) is 0 Å². The third kappa shape index (κ3) is 3.66. The smallest absolute Gasteiger partial charge is 0.225 e. The summed E-state index contributed by atoms with van der Waals surface area (Å²) >= 11 is 0. The average molecular weight is 225 g/mol. The van der Waals surface area contributed by atoms with Gasteiger partial charge < -0.3 is 10.1 Å². The summed E-state index contributed by atoms with van der Waals surface area (Å²) in [5.41, 5.74) is 1.02. The lowest BCUT2D eigenvalue weighted by Gasteiger charge is -2.09. The van der Waals surface area contributed by atoms with E-state index in [9.17, 15) is 4.79 Å². The van der Waals surface area contributed by atoms with E-state index in [-0.39, 0.29) is 12.0 Å². The predicted octanol–water partition coefficient (Wildman–Crippen LogP) is 1.73. The molecular weight excluding hydrogens is 206 g/mol. The fourth-order valence-corrected chi connectivity index (χ4v) is 1.34. The van der Waals surface area contributed by atoms with Crippen LogP contribution in [0.1, 0.15) is 32.3 Å². The number of nitrogens with zero attached hydrogens (tertiary/aromatic N) is 1. The second-order valence-electron chi connectivity index (χ2n) is 3.76. The molecule has 0 aliphatic heterocycles. The van der Waals surface area contributed by atoms with Gasteiger partial charge in [-0.15, -0.1) is 0 Å². The summed E-state index contributed by atoms with van der Waals surface area (Å²) in [7, 11) is 1.65. The van der Waals surface area contributed by atoms with Crippen LogP contribution < -0.4 is 5.32 Å². The van der Waals surface area contributed by atoms with Crippen LogP contribution in [0.4, 0.5) is 5.82 Å². The van der Waals surface area contributed by atoms with Crippen LogP contribution in [0.15, 0.2) is 6.20 Å². The van der Waals surface area contributed by atoms with Crippen LogP contribution in [-0.4, -0.2) is 29.3 Å². The quantitative estimate of drug-likeness (QED) is 0.774. The van der Waals surface area contributed by atoms with Crippen molar-refractivity contribution in [2.75, 3.05) is 12.4 Å². The molecule has 0 bridgehead atoms. The number of aromatic amines is 1. The Morgan fingerprint density at radius 2 is 2.44 bits per heavy atom. The van der Waals surface area contributed by atoms with Gasteiger partial charge in [-0.3, -0.25) is 9.89 Å². The molecule has 1 aromatic heterocycles. The highest BCUT2D eigenvalue weighted by Crippen LogP contribution is 2.12. The fourth-order valence-electron chi connectivity index (χ4n) is 1.34. The largest absolute Gasteiger partial charge is 0.382 e. The molecule has 5 heteroatoms. The minimum Gasteiger partial charge on any atom is -0.382 e. The Labute approximate surface area is 95.6 Å². The van der Waals surface area contributed by atoms with Crippen molar-refractivity contribution < 1.29 is 9.53 Å². The fraction of sp³-hybridized carbons (Fsp3) is 0.636. The molecule has 1 unspecified atom stereocenters. The van der Waals surface area contributed by atoms with Gasteiger partial charge in [0.15, 0.2) is 0 Å². The molecule has 5 nitrogen and oxygen atoms in total. The van der Waals surface area contributed by atoms with Crippen LogP contribution >= 0.6 is 0 Å². The summed E-state index contributed by atoms with van der Waals surface area (Å²) in [6.07, 6.45) is 3.86. The Morgan fingerprint density at radius 1 is 1.69 bits per heavy atom. The van der Waals surface area contributed by atoms with E-state index >= 15 is 0 Å². The number of carbonyl (C=O) groups excluding carboxylic acids is 1. The Bertz CT molecular complexity index is 336. The summed E-state index contributed by atoms with van der Waals surface area (Å²) < 4.78 is 5.08. The number of nitrogens with one attached hydrogen (secondary N) is 2. The molecule has 0 saturated carbocycles. The maximum atomic E-state index is 11.6. The van der Waals surface area contributed by atoms with Gasteiger partial charge in [0.2, 0.25) is 5.91 Å². The molecule has 0 spiro atoms. The number of hydrogen-bond donors (Lipinski definition) is 2. The lowest BCUT2D eigenvalue weighted by Crippen LogP contribution is -2.16. The Morgan fingerprint density at radius 3 is 3.06 bits per heavy atom. The summed E-state index contributed by atoms with van der Waals surface area (Å²) in [5, 5.41) is 9.48. The molecule has 1 rings (SSSR count). The molecule has 1 heterocycles. The van der Waals surface area contributed by atoms with Gasteiger partial charge in [-0.2, -0.15) is 5.10 Å². The number of rotatable bonds is 6. The SMILES string of the molecule is CCc1cn[nH]c1NC(=O)CCC(C)OC. The number of carbonyl (C=O) groups is 1. The highest BCUT2D eigenvalue weighted by molar-refractivity contribution is 5.90. The van der Waals surface area contributed by atoms with Crippen molar-refractivity contribution in [3.05, 3.63) is 11.8 Å². The summed E-state index contributed by atoms with van der Waals surface area (Å²) in [5.74, 6) is 0.695. The number of anilines is 1. The highest BCUT2D eigenvalue weighted by Gasteiger charge is 2.09. The van der Waals surface area contributed by atoms with Crippen molar-refractivity contribution in [1.82, 2.24) is 10.2 Å². The number of methoxy groups -OCH3 is 1. The zero-order valence-corrected chi connectivity index (χ0v) is 10.0. The molecule has 0 saturated heterocycles. The molecule has 1 amide bonds. The topological polar surface area (TPSA) is 67.0 Å². The van der Waals surface area contributed by atoms with Crippen LogP contribution in [0.5, 0.6) is 0 Å². The summed E-state index contributed by atoms with van der Waals surface area (Å²) in [6.45, 7) is 3.97. The van der Waals surface area contributed by atoms with Crippen molar-refractivity contribution in [1.29, 1.82) is 0 Å². The molecule has 1 atom stereocenters. The zero-order valence-electron chi connectivity index (χ0n) is 10.0. The first kappa shape index (κ1) is 12.7. The van der Waals surface area contributed by atoms with E-state index in [4.69, 9.17) is 4.74 Å². The van der Waals surface area contributed by atoms with E-state index in [0.29, 0.717) is 12.2 Å². The van der Waals surface area contributed by atoms with Gasteiger partial charge in [0.05, 0.1) is 12.3 Å². The minimum atomic E-state index is -0.0112. The molecular formula is C11H19N3O2. The van der Waals surface area contributed by atoms with Gasteiger partial charge in [-0.1, -0.05) is 6.92 Å². The zero-order chi connectivity index (χ0) is 12.0. The third-order valence-corrected chi connectivity index (χ3v) is 2.54. The molecule has 1 aromatic rings. The number of ether oxygens (including phenoxy) is 1. The van der Waals surface area contributed by atoms with Crippen molar-refractivity contribution in [2.45, 2.75) is 39.2 Å². The molecule has 2 N–H and O–H groups in total. The van der Waals surface area contributed by atoms with Gasteiger partial charge in [-0.05, 0) is 19.8 Å². The van der Waals surface area contributed by atoms with Gasteiger partial charge >= 0.3 is 0 Å². The number of aryl methyl sites for hydroxylation is 1. The number of amides is 1. The minimum absolute atomic E-state index is 0.0112. The molecule has 0 radical (unpaired) electrons. The summed E-state index contributed by atoms with van der Waals surface area (Å²) in [6, 6.07) is 0. The van der Waals surface area contributed by atoms with Gasteiger partial charge in [0.25, 0.3) is 0 Å². The van der Waals surface area contributed by atoms with E-state index < -0.39 is 0 Å². The number of hydrogen-bond acceptors (Lipinski definition) is 3. The third-order valence-electron chi connectivity index (χ3n) is 2.54. The van der Waals surface area contributed by atoms with Crippen molar-refractivity contribution in [2.24, 2.45) is 0 Å². The molecule has 0 aliphatic carbocycles. The van der Waals surface area contributed by atoms with Gasteiger partial charge in [0, 0.05) is 19.1 Å². The van der Waals surface area contributed by atoms with Gasteiger partial charge in [-0.25, -0.2) is 0 Å². The highest BCUT2D eigenvalue weighted by atomic mass is 16.5. The van der Waals surface area contributed by atoms with E-state index in [2.05, 4.69) is 15.5 Å². The van der Waals surface area contributed by atoms with E-state index in [0.717, 1.165) is 18.4 Å². The van der Waals surface area contributed by atoms with Crippen molar-refractivity contribution in [3.8, 4) is 0 Å². The first-order valence-electron chi connectivity index (χ1n) is 5.52. The van der Waals surface area contributed by atoms with Crippen LogP contribution in [0.3, 0.4) is 0 Å². The maximum Gasteiger partial charge on any atom is 0.225 e. The summed E-state index contributed by atoms with van der Waals surface area (Å²) in [4.78, 5) is 11.6. The second-order valence-corrected chi connectivity index (χ2v) is 3.76. The number of aromatic nitrogens is 2. The molecule has 90 valence electrons. The Kier molecular flexibility index (Phi) is 4.98. The lowest BCUT2D eigenvalue weighted by atomic mass is 10.2. The molecule has 0 fully saturated rings. The van der Waals surface area contributed by atoms with E-state index in [1.165, 1.54) is 0 Å². The maximum absolute atomic E-state index is 11.6. The van der Waals surface area contributed by atoms with Crippen molar-refractivity contribution in [3.63, 3.8) is 0 Å². The Hall–Kier alpha value is -1.36. The molecule has 0 aromatic carbocycles.